The van der Waals surface area contributed by atoms with Gasteiger partial charge in [-0.15, -0.1) is 0 Å². The highest BCUT2D eigenvalue weighted by molar-refractivity contribution is 5.69. The smallest absolute Gasteiger partial charge is 0.410 e. The van der Waals surface area contributed by atoms with Gasteiger partial charge in [0.1, 0.15) is 5.60 Å². The molecule has 1 aliphatic heterocycles. The summed E-state index contributed by atoms with van der Waals surface area (Å²) in [5, 5.41) is 3.54. The third-order valence-corrected chi connectivity index (χ3v) is 3.43. The summed E-state index contributed by atoms with van der Waals surface area (Å²) < 4.78 is 10.5. The minimum atomic E-state index is -0.407. The first-order chi connectivity index (χ1) is 8.37. The Bertz CT molecular complexity index is 302. The molecule has 0 spiro atoms. The third-order valence-electron chi connectivity index (χ3n) is 3.43. The van der Waals surface area contributed by atoms with Gasteiger partial charge >= 0.3 is 6.09 Å². The van der Waals surface area contributed by atoms with Crippen LogP contribution in [0.3, 0.4) is 0 Å². The van der Waals surface area contributed by atoms with E-state index in [2.05, 4.69) is 5.32 Å². The molecule has 5 nitrogen and oxygen atoms in total. The molecule has 0 unspecified atom stereocenters. The molecule has 1 amide bonds. The molecule has 0 aromatic heterocycles. The van der Waals surface area contributed by atoms with Gasteiger partial charge in [0.05, 0.1) is 6.10 Å². The van der Waals surface area contributed by atoms with Crippen molar-refractivity contribution < 1.29 is 14.3 Å². The number of amides is 1. The number of rotatable bonds is 3. The second-order valence-electron chi connectivity index (χ2n) is 6.27. The number of hydrogen-bond acceptors (Lipinski definition) is 4. The maximum atomic E-state index is 11.7. The van der Waals surface area contributed by atoms with Crippen LogP contribution in [-0.4, -0.2) is 55.0 Å². The molecule has 0 aromatic carbocycles. The lowest BCUT2D eigenvalue weighted by Crippen LogP contribution is -2.64. The average Bonchev–Trinajstić information content (AvgIpc) is 2.09. The molecule has 0 aromatic rings. The number of nitrogens with one attached hydrogen (secondary N) is 1. The summed E-state index contributed by atoms with van der Waals surface area (Å²) >= 11 is 0. The fraction of sp³-hybridized carbons (Fsp3) is 0.923. The second-order valence-corrected chi connectivity index (χ2v) is 6.27. The fourth-order valence-electron chi connectivity index (χ4n) is 2.29. The minimum absolute atomic E-state index is 0.205. The zero-order chi connectivity index (χ0) is 13.3. The van der Waals surface area contributed by atoms with Gasteiger partial charge in [-0.25, -0.2) is 4.79 Å². The summed E-state index contributed by atoms with van der Waals surface area (Å²) in [5.74, 6) is 0. The summed E-state index contributed by atoms with van der Waals surface area (Å²) in [4.78, 5) is 13.5. The number of likely N-dealkylation sites (tertiary alicyclic amines) is 1. The van der Waals surface area contributed by atoms with Crippen LogP contribution >= 0.6 is 0 Å². The summed E-state index contributed by atoms with van der Waals surface area (Å²) in [6, 6.07) is 0.973. The Kier molecular flexibility index (Phi) is 3.82. The van der Waals surface area contributed by atoms with E-state index in [0.29, 0.717) is 18.2 Å². The SMILES string of the molecule is COC1CC(NC2CN(C(=O)OC(C)(C)C)C2)C1. The number of carbonyl (C=O) groups is 1. The largest absolute Gasteiger partial charge is 0.444 e. The maximum absolute atomic E-state index is 11.7. The van der Waals surface area contributed by atoms with Crippen LogP contribution in [0.2, 0.25) is 0 Å². The van der Waals surface area contributed by atoms with Crippen molar-refractivity contribution in [3.8, 4) is 0 Å². The maximum Gasteiger partial charge on any atom is 0.410 e. The fourth-order valence-corrected chi connectivity index (χ4v) is 2.29. The number of ether oxygens (including phenoxy) is 2. The highest BCUT2D eigenvalue weighted by Crippen LogP contribution is 2.24. The summed E-state index contributed by atoms with van der Waals surface area (Å²) in [7, 11) is 1.76. The van der Waals surface area contributed by atoms with E-state index in [1.165, 1.54) is 0 Å². The van der Waals surface area contributed by atoms with E-state index >= 15 is 0 Å². The van der Waals surface area contributed by atoms with Crippen LogP contribution in [0.1, 0.15) is 33.6 Å². The molecule has 1 aliphatic carbocycles. The van der Waals surface area contributed by atoms with Crippen molar-refractivity contribution in [2.45, 2.75) is 57.4 Å². The van der Waals surface area contributed by atoms with Gasteiger partial charge in [-0.1, -0.05) is 0 Å². The van der Waals surface area contributed by atoms with Crippen LogP contribution in [0.25, 0.3) is 0 Å². The van der Waals surface area contributed by atoms with Crippen molar-refractivity contribution in [3.05, 3.63) is 0 Å². The lowest BCUT2D eigenvalue weighted by Gasteiger charge is -2.45. The quantitative estimate of drug-likeness (QED) is 0.828. The molecular formula is C13H24N2O3. The Morgan fingerprint density at radius 1 is 1.22 bits per heavy atom. The van der Waals surface area contributed by atoms with Crippen LogP contribution < -0.4 is 5.32 Å². The molecule has 1 saturated carbocycles. The topological polar surface area (TPSA) is 50.8 Å². The number of carbonyl (C=O) groups excluding carboxylic acids is 1. The number of methoxy groups -OCH3 is 1. The van der Waals surface area contributed by atoms with Crippen molar-refractivity contribution in [1.29, 1.82) is 0 Å². The minimum Gasteiger partial charge on any atom is -0.444 e. The molecule has 5 heteroatoms. The van der Waals surface area contributed by atoms with Crippen LogP contribution in [0.4, 0.5) is 4.79 Å². The van der Waals surface area contributed by atoms with E-state index in [4.69, 9.17) is 9.47 Å². The van der Waals surface area contributed by atoms with Gasteiger partial charge in [0.2, 0.25) is 0 Å². The lowest BCUT2D eigenvalue weighted by molar-refractivity contribution is -0.0116. The van der Waals surface area contributed by atoms with Crippen LogP contribution in [-0.2, 0) is 9.47 Å². The van der Waals surface area contributed by atoms with E-state index in [0.717, 1.165) is 25.9 Å². The molecule has 0 atom stereocenters. The standard InChI is InChI=1S/C13H24N2O3/c1-13(2,3)18-12(16)15-7-10(8-15)14-9-5-11(6-9)17-4/h9-11,14H,5-8H2,1-4H3. The van der Waals surface area contributed by atoms with Gasteiger partial charge in [-0.05, 0) is 33.6 Å². The van der Waals surface area contributed by atoms with Gasteiger partial charge in [0, 0.05) is 32.3 Å². The molecule has 1 heterocycles. The molecule has 2 aliphatic rings. The lowest BCUT2D eigenvalue weighted by atomic mass is 9.88. The molecule has 1 N–H and O–H groups in total. The van der Waals surface area contributed by atoms with Crippen LogP contribution in [0.15, 0.2) is 0 Å². The van der Waals surface area contributed by atoms with Gasteiger partial charge in [-0.3, -0.25) is 0 Å². The highest BCUT2D eigenvalue weighted by Gasteiger charge is 2.37. The zero-order valence-electron chi connectivity index (χ0n) is 11.7. The Labute approximate surface area is 109 Å². The van der Waals surface area contributed by atoms with Crippen molar-refractivity contribution in [1.82, 2.24) is 10.2 Å². The summed E-state index contributed by atoms with van der Waals surface area (Å²) in [6.45, 7) is 7.17. The van der Waals surface area contributed by atoms with E-state index in [9.17, 15) is 4.79 Å². The van der Waals surface area contributed by atoms with Gasteiger partial charge in [0.15, 0.2) is 0 Å². The highest BCUT2D eigenvalue weighted by atomic mass is 16.6. The van der Waals surface area contributed by atoms with Crippen molar-refractivity contribution in [2.24, 2.45) is 0 Å². The predicted molar refractivity (Wildman–Crippen MR) is 68.5 cm³/mol. The first kappa shape index (κ1) is 13.6. The predicted octanol–water partition coefficient (Wildman–Crippen LogP) is 1.37. The van der Waals surface area contributed by atoms with E-state index < -0.39 is 5.60 Å². The van der Waals surface area contributed by atoms with Gasteiger partial charge in [0.25, 0.3) is 0 Å². The Morgan fingerprint density at radius 3 is 2.33 bits per heavy atom. The first-order valence-electron chi connectivity index (χ1n) is 6.64. The number of nitrogens with zero attached hydrogens (tertiary/aromatic N) is 1. The Morgan fingerprint density at radius 2 is 1.83 bits per heavy atom. The Balaban J connectivity index is 1.61. The van der Waals surface area contributed by atoms with E-state index in [1.807, 2.05) is 20.8 Å². The Hall–Kier alpha value is -0.810. The average molecular weight is 256 g/mol. The molecular weight excluding hydrogens is 232 g/mol. The van der Waals surface area contributed by atoms with Gasteiger partial charge in [-0.2, -0.15) is 0 Å². The molecule has 2 fully saturated rings. The van der Waals surface area contributed by atoms with E-state index in [-0.39, 0.29) is 6.09 Å². The molecule has 104 valence electrons. The van der Waals surface area contributed by atoms with E-state index in [1.54, 1.807) is 12.0 Å². The molecule has 18 heavy (non-hydrogen) atoms. The summed E-state index contributed by atoms with van der Waals surface area (Å²) in [6.07, 6.45) is 2.38. The molecule has 0 radical (unpaired) electrons. The first-order valence-corrected chi connectivity index (χ1v) is 6.64. The third kappa shape index (κ3) is 3.36. The molecule has 2 rings (SSSR count). The molecule has 1 saturated heterocycles. The second kappa shape index (κ2) is 5.05. The normalized spacial score (nSPS) is 28.6. The molecule has 0 bridgehead atoms. The zero-order valence-corrected chi connectivity index (χ0v) is 11.7. The van der Waals surface area contributed by atoms with Crippen molar-refractivity contribution >= 4 is 6.09 Å². The summed E-state index contributed by atoms with van der Waals surface area (Å²) in [5.41, 5.74) is -0.407. The number of hydrogen-bond donors (Lipinski definition) is 1. The van der Waals surface area contributed by atoms with Crippen LogP contribution in [0, 0.1) is 0 Å². The van der Waals surface area contributed by atoms with Crippen LogP contribution in [0.5, 0.6) is 0 Å². The van der Waals surface area contributed by atoms with Crippen molar-refractivity contribution in [2.75, 3.05) is 20.2 Å². The van der Waals surface area contributed by atoms with Crippen molar-refractivity contribution in [3.63, 3.8) is 0 Å². The van der Waals surface area contributed by atoms with Gasteiger partial charge < -0.3 is 19.7 Å². The monoisotopic (exact) mass is 256 g/mol.